The van der Waals surface area contributed by atoms with Gasteiger partial charge in [0.05, 0.1) is 16.0 Å². The smallest absolute Gasteiger partial charge is 0.306 e. The second-order valence-electron chi connectivity index (χ2n) is 5.75. The zero-order valence-electron chi connectivity index (χ0n) is 12.5. The average molecular weight is 350 g/mol. The van der Waals surface area contributed by atoms with Gasteiger partial charge in [0.25, 0.3) is 0 Å². The van der Waals surface area contributed by atoms with E-state index in [0.717, 1.165) is 29.9 Å². The lowest BCUT2D eigenvalue weighted by Crippen LogP contribution is -2.36. The standard InChI is InChI=1S/C18H17Cl2NO2/c19-16-6-2-5-15(17(16)20)13-3-1-4-14(11-13)21-9-7-12(8-10-21)18(22)23/h1-6,11-12H,7-10H2,(H,22,23). The molecule has 0 spiro atoms. The summed E-state index contributed by atoms with van der Waals surface area (Å²) in [6.07, 6.45) is 1.36. The van der Waals surface area contributed by atoms with E-state index in [-0.39, 0.29) is 5.92 Å². The number of carboxylic acids is 1. The highest BCUT2D eigenvalue weighted by Gasteiger charge is 2.24. The van der Waals surface area contributed by atoms with Crippen LogP contribution in [0.5, 0.6) is 0 Å². The minimum absolute atomic E-state index is 0.225. The number of benzene rings is 2. The van der Waals surface area contributed by atoms with Crippen LogP contribution in [0.2, 0.25) is 10.0 Å². The number of carbonyl (C=O) groups is 1. The Balaban J connectivity index is 1.84. The SMILES string of the molecule is O=C(O)C1CCN(c2cccc(-c3cccc(Cl)c3Cl)c2)CC1. The molecule has 0 atom stereocenters. The number of carboxylic acid groups (broad SMARTS) is 1. The number of nitrogens with zero attached hydrogens (tertiary/aromatic N) is 1. The maximum Gasteiger partial charge on any atom is 0.306 e. The third-order valence-electron chi connectivity index (χ3n) is 4.32. The molecule has 1 N–H and O–H groups in total. The monoisotopic (exact) mass is 349 g/mol. The fourth-order valence-electron chi connectivity index (χ4n) is 2.98. The summed E-state index contributed by atoms with van der Waals surface area (Å²) in [5.74, 6) is -0.916. The molecule has 0 bridgehead atoms. The molecule has 0 amide bonds. The molecule has 3 rings (SSSR count). The van der Waals surface area contributed by atoms with Crippen LogP contribution in [-0.2, 0) is 4.79 Å². The molecule has 23 heavy (non-hydrogen) atoms. The van der Waals surface area contributed by atoms with Crippen LogP contribution < -0.4 is 4.90 Å². The molecule has 1 saturated heterocycles. The summed E-state index contributed by atoms with van der Waals surface area (Å²) in [5.41, 5.74) is 3.00. The van der Waals surface area contributed by atoms with E-state index in [9.17, 15) is 4.79 Å². The molecular formula is C18H17Cl2NO2. The summed E-state index contributed by atoms with van der Waals surface area (Å²) in [7, 11) is 0. The zero-order chi connectivity index (χ0) is 16.4. The highest BCUT2D eigenvalue weighted by molar-refractivity contribution is 6.43. The summed E-state index contributed by atoms with van der Waals surface area (Å²) >= 11 is 12.4. The van der Waals surface area contributed by atoms with Gasteiger partial charge in [0.1, 0.15) is 0 Å². The molecule has 2 aromatic rings. The Bertz CT molecular complexity index is 725. The molecule has 1 fully saturated rings. The third kappa shape index (κ3) is 3.46. The van der Waals surface area contributed by atoms with E-state index < -0.39 is 5.97 Å². The van der Waals surface area contributed by atoms with Crippen molar-refractivity contribution in [2.75, 3.05) is 18.0 Å². The lowest BCUT2D eigenvalue weighted by atomic mass is 9.96. The first-order valence-corrected chi connectivity index (χ1v) is 8.34. The van der Waals surface area contributed by atoms with Crippen molar-refractivity contribution in [1.82, 2.24) is 0 Å². The highest BCUT2D eigenvalue weighted by Crippen LogP contribution is 2.35. The minimum Gasteiger partial charge on any atom is -0.481 e. The van der Waals surface area contributed by atoms with Gasteiger partial charge >= 0.3 is 5.97 Å². The molecule has 3 nitrogen and oxygen atoms in total. The maximum atomic E-state index is 11.1. The number of aliphatic carboxylic acids is 1. The largest absolute Gasteiger partial charge is 0.481 e. The van der Waals surface area contributed by atoms with Gasteiger partial charge in [-0.25, -0.2) is 0 Å². The van der Waals surface area contributed by atoms with Crippen LogP contribution in [0, 0.1) is 5.92 Å². The Kier molecular flexibility index (Phi) is 4.79. The van der Waals surface area contributed by atoms with Crippen molar-refractivity contribution >= 4 is 34.9 Å². The molecule has 1 aliphatic heterocycles. The van der Waals surface area contributed by atoms with Crippen LogP contribution in [0.25, 0.3) is 11.1 Å². The Hall–Kier alpha value is -1.71. The van der Waals surface area contributed by atoms with Crippen molar-refractivity contribution < 1.29 is 9.90 Å². The van der Waals surface area contributed by atoms with E-state index in [1.807, 2.05) is 30.3 Å². The lowest BCUT2D eigenvalue weighted by molar-refractivity contribution is -0.142. The molecule has 0 aromatic heterocycles. The van der Waals surface area contributed by atoms with Crippen LogP contribution in [0.4, 0.5) is 5.69 Å². The Labute approximate surface area is 145 Å². The first-order chi connectivity index (χ1) is 11.1. The highest BCUT2D eigenvalue weighted by atomic mass is 35.5. The molecule has 0 saturated carbocycles. The van der Waals surface area contributed by atoms with Gasteiger partial charge in [-0.2, -0.15) is 0 Å². The Morgan fingerprint density at radius 1 is 1.09 bits per heavy atom. The van der Waals surface area contributed by atoms with E-state index in [4.69, 9.17) is 28.3 Å². The molecular weight excluding hydrogens is 333 g/mol. The predicted octanol–water partition coefficient (Wildman–Crippen LogP) is 4.96. The zero-order valence-corrected chi connectivity index (χ0v) is 14.0. The molecule has 5 heteroatoms. The number of anilines is 1. The number of halogens is 2. The van der Waals surface area contributed by atoms with Crippen LogP contribution in [0.15, 0.2) is 42.5 Å². The maximum absolute atomic E-state index is 11.1. The van der Waals surface area contributed by atoms with Gasteiger partial charge < -0.3 is 10.0 Å². The van der Waals surface area contributed by atoms with Gasteiger partial charge in [-0.05, 0) is 36.6 Å². The van der Waals surface area contributed by atoms with E-state index >= 15 is 0 Å². The van der Waals surface area contributed by atoms with E-state index in [1.165, 1.54) is 0 Å². The van der Waals surface area contributed by atoms with Crippen molar-refractivity contribution in [3.8, 4) is 11.1 Å². The van der Waals surface area contributed by atoms with Gasteiger partial charge in [-0.1, -0.05) is 47.5 Å². The minimum atomic E-state index is -0.691. The van der Waals surface area contributed by atoms with Crippen LogP contribution >= 0.6 is 23.2 Å². The van der Waals surface area contributed by atoms with Crippen LogP contribution in [-0.4, -0.2) is 24.2 Å². The first kappa shape index (κ1) is 16.2. The van der Waals surface area contributed by atoms with Crippen molar-refractivity contribution in [1.29, 1.82) is 0 Å². The number of hydrogen-bond donors (Lipinski definition) is 1. The van der Waals surface area contributed by atoms with Crippen LogP contribution in [0.3, 0.4) is 0 Å². The molecule has 0 unspecified atom stereocenters. The van der Waals surface area contributed by atoms with Crippen molar-refractivity contribution in [2.24, 2.45) is 5.92 Å². The van der Waals surface area contributed by atoms with Crippen molar-refractivity contribution in [3.63, 3.8) is 0 Å². The summed E-state index contributed by atoms with van der Waals surface area (Å²) < 4.78 is 0. The van der Waals surface area contributed by atoms with Crippen LogP contribution in [0.1, 0.15) is 12.8 Å². The Morgan fingerprint density at radius 2 is 1.78 bits per heavy atom. The lowest BCUT2D eigenvalue weighted by Gasteiger charge is -2.32. The van der Waals surface area contributed by atoms with Gasteiger partial charge in [0.15, 0.2) is 0 Å². The second kappa shape index (κ2) is 6.81. The molecule has 1 aliphatic rings. The van der Waals surface area contributed by atoms with Gasteiger partial charge in [0, 0.05) is 24.3 Å². The summed E-state index contributed by atoms with van der Waals surface area (Å²) in [6, 6.07) is 13.7. The van der Waals surface area contributed by atoms with Crippen molar-refractivity contribution in [2.45, 2.75) is 12.8 Å². The normalized spacial score (nSPS) is 15.7. The van der Waals surface area contributed by atoms with Crippen molar-refractivity contribution in [3.05, 3.63) is 52.5 Å². The topological polar surface area (TPSA) is 40.5 Å². The number of piperidine rings is 1. The van der Waals surface area contributed by atoms with E-state index in [2.05, 4.69) is 11.0 Å². The summed E-state index contributed by atoms with van der Waals surface area (Å²) in [5, 5.41) is 10.2. The summed E-state index contributed by atoms with van der Waals surface area (Å²) in [4.78, 5) is 13.3. The molecule has 2 aromatic carbocycles. The summed E-state index contributed by atoms with van der Waals surface area (Å²) in [6.45, 7) is 1.51. The Morgan fingerprint density at radius 3 is 2.48 bits per heavy atom. The quantitative estimate of drug-likeness (QED) is 0.850. The fourth-order valence-corrected chi connectivity index (χ4v) is 3.39. The fraction of sp³-hybridized carbons (Fsp3) is 0.278. The molecule has 0 radical (unpaired) electrons. The van der Waals surface area contributed by atoms with E-state index in [0.29, 0.717) is 22.9 Å². The second-order valence-corrected chi connectivity index (χ2v) is 6.54. The van der Waals surface area contributed by atoms with Gasteiger partial charge in [-0.15, -0.1) is 0 Å². The van der Waals surface area contributed by atoms with Gasteiger partial charge in [-0.3, -0.25) is 4.79 Å². The molecule has 0 aliphatic carbocycles. The third-order valence-corrected chi connectivity index (χ3v) is 5.14. The van der Waals surface area contributed by atoms with Gasteiger partial charge in [0.2, 0.25) is 0 Å². The average Bonchev–Trinajstić information content (AvgIpc) is 2.57. The number of rotatable bonds is 3. The molecule has 120 valence electrons. The number of hydrogen-bond acceptors (Lipinski definition) is 2. The first-order valence-electron chi connectivity index (χ1n) is 7.58. The van der Waals surface area contributed by atoms with E-state index in [1.54, 1.807) is 6.07 Å². The molecule has 1 heterocycles. The predicted molar refractivity (Wildman–Crippen MR) is 94.5 cm³/mol.